The summed E-state index contributed by atoms with van der Waals surface area (Å²) < 4.78 is 5.21. The standard InChI is InChI=1S/C8H12N2O3/c1-10-6(11)8(9-7(10)12)3-2-4-13-5-8/h2-5H2,1H3,(H,9,12). The predicted molar refractivity (Wildman–Crippen MR) is 44.1 cm³/mol. The van der Waals surface area contributed by atoms with Crippen molar-refractivity contribution in [2.45, 2.75) is 18.4 Å². The Hall–Kier alpha value is -1.10. The first-order valence-corrected chi connectivity index (χ1v) is 4.34. The van der Waals surface area contributed by atoms with Gasteiger partial charge in [-0.2, -0.15) is 0 Å². The Morgan fingerprint density at radius 3 is 2.77 bits per heavy atom. The maximum atomic E-state index is 11.7. The maximum Gasteiger partial charge on any atom is 0.324 e. The monoisotopic (exact) mass is 184 g/mol. The van der Waals surface area contributed by atoms with E-state index in [2.05, 4.69) is 5.32 Å². The van der Waals surface area contributed by atoms with E-state index in [0.717, 1.165) is 11.3 Å². The lowest BCUT2D eigenvalue weighted by Crippen LogP contribution is -2.53. The van der Waals surface area contributed by atoms with Gasteiger partial charge in [-0.3, -0.25) is 9.69 Å². The summed E-state index contributed by atoms with van der Waals surface area (Å²) >= 11 is 0. The highest BCUT2D eigenvalue weighted by Gasteiger charge is 2.50. The minimum absolute atomic E-state index is 0.169. The van der Waals surface area contributed by atoms with Gasteiger partial charge in [0, 0.05) is 13.7 Å². The molecule has 2 rings (SSSR count). The zero-order valence-electron chi connectivity index (χ0n) is 7.50. The van der Waals surface area contributed by atoms with Gasteiger partial charge in [-0.15, -0.1) is 0 Å². The highest BCUT2D eigenvalue weighted by molar-refractivity contribution is 6.06. The molecule has 1 N–H and O–H groups in total. The van der Waals surface area contributed by atoms with E-state index in [4.69, 9.17) is 4.74 Å². The molecule has 2 aliphatic heterocycles. The molecular weight excluding hydrogens is 172 g/mol. The molecule has 0 bridgehead atoms. The lowest BCUT2D eigenvalue weighted by molar-refractivity contribution is -0.134. The lowest BCUT2D eigenvalue weighted by atomic mass is 9.93. The fourth-order valence-electron chi connectivity index (χ4n) is 1.82. The Bertz CT molecular complexity index is 258. The Morgan fingerprint density at radius 1 is 1.54 bits per heavy atom. The van der Waals surface area contributed by atoms with Crippen LogP contribution in [0, 0.1) is 0 Å². The highest BCUT2D eigenvalue weighted by Crippen LogP contribution is 2.25. The number of carbonyl (C=O) groups excluding carboxylic acids is 2. The average molecular weight is 184 g/mol. The third-order valence-electron chi connectivity index (χ3n) is 2.61. The molecule has 13 heavy (non-hydrogen) atoms. The van der Waals surface area contributed by atoms with Crippen LogP contribution in [0.25, 0.3) is 0 Å². The van der Waals surface area contributed by atoms with E-state index in [1.165, 1.54) is 7.05 Å². The SMILES string of the molecule is CN1C(=O)NC2(CCCOC2)C1=O. The molecule has 2 fully saturated rings. The van der Waals surface area contributed by atoms with Crippen molar-refractivity contribution in [1.82, 2.24) is 10.2 Å². The zero-order valence-corrected chi connectivity index (χ0v) is 7.50. The van der Waals surface area contributed by atoms with Crippen molar-refractivity contribution in [3.63, 3.8) is 0 Å². The van der Waals surface area contributed by atoms with Crippen LogP contribution in [0.5, 0.6) is 0 Å². The lowest BCUT2D eigenvalue weighted by Gasteiger charge is -2.30. The number of nitrogens with zero attached hydrogens (tertiary/aromatic N) is 1. The maximum absolute atomic E-state index is 11.7. The number of urea groups is 1. The van der Waals surface area contributed by atoms with Crippen molar-refractivity contribution in [3.05, 3.63) is 0 Å². The number of hydrogen-bond acceptors (Lipinski definition) is 3. The summed E-state index contributed by atoms with van der Waals surface area (Å²) in [6, 6.07) is -0.324. The number of nitrogens with one attached hydrogen (secondary N) is 1. The van der Waals surface area contributed by atoms with Crippen LogP contribution in [-0.2, 0) is 9.53 Å². The number of likely N-dealkylation sites (N-methyl/N-ethyl adjacent to an activating group) is 1. The molecule has 0 radical (unpaired) electrons. The smallest absolute Gasteiger partial charge is 0.324 e. The van der Waals surface area contributed by atoms with Crippen molar-refractivity contribution in [2.75, 3.05) is 20.3 Å². The van der Waals surface area contributed by atoms with Crippen molar-refractivity contribution >= 4 is 11.9 Å². The van der Waals surface area contributed by atoms with Gasteiger partial charge in [-0.05, 0) is 12.8 Å². The number of rotatable bonds is 0. The fraction of sp³-hybridized carbons (Fsp3) is 0.750. The molecule has 0 aromatic carbocycles. The van der Waals surface area contributed by atoms with Crippen LogP contribution in [0.3, 0.4) is 0 Å². The summed E-state index contributed by atoms with van der Waals surface area (Å²) in [5.41, 5.74) is -0.760. The Labute approximate surface area is 76.0 Å². The summed E-state index contributed by atoms with van der Waals surface area (Å²) in [6.45, 7) is 0.983. The van der Waals surface area contributed by atoms with E-state index in [-0.39, 0.29) is 11.9 Å². The van der Waals surface area contributed by atoms with E-state index < -0.39 is 5.54 Å². The molecule has 1 atom stereocenters. The number of amides is 3. The van der Waals surface area contributed by atoms with Crippen LogP contribution in [0.1, 0.15) is 12.8 Å². The summed E-state index contributed by atoms with van der Waals surface area (Å²) in [4.78, 5) is 24.0. The van der Waals surface area contributed by atoms with E-state index in [1.54, 1.807) is 0 Å². The molecule has 5 nitrogen and oxygen atoms in total. The van der Waals surface area contributed by atoms with Crippen molar-refractivity contribution in [1.29, 1.82) is 0 Å². The van der Waals surface area contributed by atoms with Gasteiger partial charge in [0.05, 0.1) is 6.61 Å². The fourth-order valence-corrected chi connectivity index (χ4v) is 1.82. The van der Waals surface area contributed by atoms with E-state index >= 15 is 0 Å². The normalized spacial score (nSPS) is 34.1. The molecule has 1 unspecified atom stereocenters. The van der Waals surface area contributed by atoms with Crippen LogP contribution >= 0.6 is 0 Å². The first-order chi connectivity index (χ1) is 6.16. The molecule has 72 valence electrons. The van der Waals surface area contributed by atoms with Crippen LogP contribution in [0.15, 0.2) is 0 Å². The molecule has 3 amide bonds. The molecule has 2 aliphatic rings. The van der Waals surface area contributed by atoms with Gasteiger partial charge in [0.2, 0.25) is 0 Å². The van der Waals surface area contributed by atoms with Crippen LogP contribution in [-0.4, -0.2) is 42.6 Å². The van der Waals surface area contributed by atoms with Gasteiger partial charge in [0.15, 0.2) is 0 Å². The Balaban J connectivity index is 2.23. The van der Waals surface area contributed by atoms with Crippen LogP contribution in [0.4, 0.5) is 4.79 Å². The molecule has 2 heterocycles. The van der Waals surface area contributed by atoms with Gasteiger partial charge in [0.25, 0.3) is 5.91 Å². The number of imide groups is 1. The Morgan fingerprint density at radius 2 is 2.31 bits per heavy atom. The summed E-state index contributed by atoms with van der Waals surface area (Å²) in [5, 5.41) is 2.68. The van der Waals surface area contributed by atoms with E-state index in [1.807, 2.05) is 0 Å². The minimum Gasteiger partial charge on any atom is -0.378 e. The van der Waals surface area contributed by atoms with Gasteiger partial charge in [-0.1, -0.05) is 0 Å². The van der Waals surface area contributed by atoms with Crippen LogP contribution in [0.2, 0.25) is 0 Å². The molecule has 1 spiro atoms. The first-order valence-electron chi connectivity index (χ1n) is 4.34. The second-order valence-electron chi connectivity index (χ2n) is 3.53. The van der Waals surface area contributed by atoms with E-state index in [0.29, 0.717) is 19.6 Å². The van der Waals surface area contributed by atoms with Crippen molar-refractivity contribution in [3.8, 4) is 0 Å². The topological polar surface area (TPSA) is 58.6 Å². The quantitative estimate of drug-likeness (QED) is 0.527. The van der Waals surface area contributed by atoms with Gasteiger partial charge >= 0.3 is 6.03 Å². The first kappa shape index (κ1) is 8.50. The van der Waals surface area contributed by atoms with Crippen LogP contribution < -0.4 is 5.32 Å². The largest absolute Gasteiger partial charge is 0.378 e. The third-order valence-corrected chi connectivity index (χ3v) is 2.61. The molecule has 0 saturated carbocycles. The molecule has 2 saturated heterocycles. The summed E-state index contributed by atoms with van der Waals surface area (Å²) in [6.07, 6.45) is 1.50. The zero-order chi connectivity index (χ0) is 9.47. The second-order valence-corrected chi connectivity index (χ2v) is 3.53. The van der Waals surface area contributed by atoms with E-state index in [9.17, 15) is 9.59 Å². The molecule has 0 aromatic rings. The number of ether oxygens (including phenoxy) is 1. The van der Waals surface area contributed by atoms with Gasteiger partial charge in [0.1, 0.15) is 5.54 Å². The third kappa shape index (κ3) is 1.11. The molecule has 0 aromatic heterocycles. The van der Waals surface area contributed by atoms with Gasteiger partial charge in [-0.25, -0.2) is 4.79 Å². The average Bonchev–Trinajstić information content (AvgIpc) is 2.33. The van der Waals surface area contributed by atoms with Crippen molar-refractivity contribution < 1.29 is 14.3 Å². The second kappa shape index (κ2) is 2.70. The van der Waals surface area contributed by atoms with Gasteiger partial charge < -0.3 is 10.1 Å². The Kier molecular flexibility index (Phi) is 1.76. The number of hydrogen-bond donors (Lipinski definition) is 1. The minimum atomic E-state index is -0.760. The molecule has 0 aliphatic carbocycles. The predicted octanol–water partition coefficient (Wildman–Crippen LogP) is -0.283. The molecule has 5 heteroatoms. The highest BCUT2D eigenvalue weighted by atomic mass is 16.5. The molecular formula is C8H12N2O3. The summed E-state index contributed by atoms with van der Waals surface area (Å²) in [5.74, 6) is -0.169. The number of carbonyl (C=O) groups is 2. The summed E-state index contributed by atoms with van der Waals surface area (Å²) in [7, 11) is 1.49. The van der Waals surface area contributed by atoms with Crippen molar-refractivity contribution in [2.24, 2.45) is 0 Å².